The number of phenols is 1. The van der Waals surface area contributed by atoms with Crippen molar-refractivity contribution >= 4 is 45.4 Å². The highest BCUT2D eigenvalue weighted by molar-refractivity contribution is 6.03. The lowest BCUT2D eigenvalue weighted by atomic mass is 9.94. The maximum atomic E-state index is 17.2. The molecule has 7 heterocycles. The van der Waals surface area contributed by atoms with Crippen LogP contribution in [-0.4, -0.2) is 110 Å². The van der Waals surface area contributed by atoms with Gasteiger partial charge in [-0.1, -0.05) is 36.8 Å². The van der Waals surface area contributed by atoms with Crippen LogP contribution in [0.2, 0.25) is 0 Å². The van der Waals surface area contributed by atoms with Crippen LogP contribution in [0.3, 0.4) is 0 Å². The van der Waals surface area contributed by atoms with Gasteiger partial charge in [0.15, 0.2) is 5.82 Å². The number of carbonyl (C=O) groups is 2. The molecule has 5 aliphatic heterocycles. The van der Waals surface area contributed by atoms with E-state index in [-0.39, 0.29) is 70.0 Å². The number of aromatic hydroxyl groups is 1. The van der Waals surface area contributed by atoms with Gasteiger partial charge in [-0.05, 0) is 91.1 Å². The number of phenolic OH excluding ortho intramolecular Hbond substituents is 1. The average Bonchev–Trinajstić information content (AvgIpc) is 3.90. The van der Waals surface area contributed by atoms with Crippen LogP contribution in [-0.2, 0) is 22.6 Å². The van der Waals surface area contributed by atoms with Gasteiger partial charge in [-0.15, -0.1) is 6.42 Å². The molecular formula is C48H44F3N7O4. The Bertz CT molecular complexity index is 2760. The average molecular weight is 840 g/mol. The molecule has 4 fully saturated rings. The Kier molecular flexibility index (Phi) is 9.89. The standard InChI is InChI=1S/C48H44F3N7O4/c1-3-35-39(50)13-9-30-19-34(59)20-36(42(30)35)44-43(51)45-37(22-52-44)46(54-47(53-45)62-27-48-16-6-17-57(48)23-31(49)21-48)56-24-32-11-12-33(25-56)58(32)41(61)14-10-28-7-5-8-29-15-18-55(26-38(28)29)40(60)4-2/h1,4-5,7-10,13-14,19-20,22,31-33,59H,2,6,11-12,15-18,21,23-27H2/b14-10+. The van der Waals surface area contributed by atoms with Gasteiger partial charge in [0.05, 0.1) is 16.5 Å². The molecule has 316 valence electrons. The molecular weight excluding hydrogens is 796 g/mol. The van der Waals surface area contributed by atoms with Crippen LogP contribution in [0.15, 0.2) is 67.4 Å². The number of alkyl halides is 1. The Morgan fingerprint density at radius 1 is 1.06 bits per heavy atom. The van der Waals surface area contributed by atoms with Gasteiger partial charge in [-0.3, -0.25) is 19.5 Å². The summed E-state index contributed by atoms with van der Waals surface area (Å²) in [6.45, 7) is 6.69. The van der Waals surface area contributed by atoms with Gasteiger partial charge in [0.1, 0.15) is 41.4 Å². The molecule has 4 unspecified atom stereocenters. The third kappa shape index (κ3) is 6.70. The molecule has 1 N–H and O–H groups in total. The normalized spacial score (nSPS) is 23.3. The predicted octanol–water partition coefficient (Wildman–Crippen LogP) is 6.73. The van der Waals surface area contributed by atoms with Gasteiger partial charge in [-0.2, -0.15) is 9.97 Å². The fraction of sp³-hybridized carbons (Fsp3) is 0.354. The monoisotopic (exact) mass is 839 g/mol. The third-order valence-electron chi connectivity index (χ3n) is 13.6. The summed E-state index contributed by atoms with van der Waals surface area (Å²) in [6.07, 6.45) is 15.2. The van der Waals surface area contributed by atoms with Crippen molar-refractivity contribution in [1.29, 1.82) is 0 Å². The van der Waals surface area contributed by atoms with Crippen molar-refractivity contribution in [3.63, 3.8) is 0 Å². The first kappa shape index (κ1) is 39.7. The molecule has 4 saturated heterocycles. The maximum Gasteiger partial charge on any atom is 0.319 e. The van der Waals surface area contributed by atoms with Crippen LogP contribution in [0.5, 0.6) is 11.8 Å². The minimum Gasteiger partial charge on any atom is -0.508 e. The van der Waals surface area contributed by atoms with Gasteiger partial charge >= 0.3 is 6.01 Å². The Hall–Kier alpha value is -6.46. The molecule has 11 nitrogen and oxygen atoms in total. The second-order valence-corrected chi connectivity index (χ2v) is 17.1. The fourth-order valence-electron chi connectivity index (χ4n) is 10.7. The second kappa shape index (κ2) is 15.5. The van der Waals surface area contributed by atoms with Gasteiger partial charge in [0, 0.05) is 74.5 Å². The Balaban J connectivity index is 0.991. The fourth-order valence-corrected chi connectivity index (χ4v) is 10.7. The highest BCUT2D eigenvalue weighted by atomic mass is 19.1. The highest BCUT2D eigenvalue weighted by Gasteiger charge is 2.49. The first-order valence-electron chi connectivity index (χ1n) is 21.1. The maximum absolute atomic E-state index is 17.2. The van der Waals surface area contributed by atoms with Gasteiger partial charge < -0.3 is 24.5 Å². The molecule has 3 aromatic carbocycles. The van der Waals surface area contributed by atoms with E-state index in [2.05, 4.69) is 33.4 Å². The molecule has 14 heteroatoms. The van der Waals surface area contributed by atoms with Crippen LogP contribution in [0.4, 0.5) is 19.0 Å². The minimum atomic E-state index is -0.978. The Labute approximate surface area is 356 Å². The molecule has 4 atom stereocenters. The lowest BCUT2D eigenvalue weighted by Gasteiger charge is -2.41. The van der Waals surface area contributed by atoms with Crippen LogP contribution in [0.1, 0.15) is 54.4 Å². The van der Waals surface area contributed by atoms with E-state index in [1.807, 2.05) is 28.0 Å². The Morgan fingerprint density at radius 3 is 2.68 bits per heavy atom. The van der Waals surface area contributed by atoms with E-state index in [4.69, 9.17) is 16.1 Å². The summed E-state index contributed by atoms with van der Waals surface area (Å²) in [4.78, 5) is 48.3. The summed E-state index contributed by atoms with van der Waals surface area (Å²) >= 11 is 0. The molecule has 0 radical (unpaired) electrons. The van der Waals surface area contributed by atoms with E-state index in [0.717, 1.165) is 55.3 Å². The molecule has 0 aliphatic carbocycles. The molecule has 5 aliphatic rings. The predicted molar refractivity (Wildman–Crippen MR) is 229 cm³/mol. The number of aromatic nitrogens is 3. The summed E-state index contributed by atoms with van der Waals surface area (Å²) in [5.74, 6) is 0.794. The first-order chi connectivity index (χ1) is 30.0. The van der Waals surface area contributed by atoms with Crippen molar-refractivity contribution in [2.75, 3.05) is 44.2 Å². The van der Waals surface area contributed by atoms with E-state index in [0.29, 0.717) is 55.7 Å². The number of anilines is 1. The second-order valence-electron chi connectivity index (χ2n) is 17.1. The Morgan fingerprint density at radius 2 is 1.89 bits per heavy atom. The van der Waals surface area contributed by atoms with Crippen molar-refractivity contribution in [3.05, 3.63) is 101 Å². The number of pyridine rings is 1. The third-order valence-corrected chi connectivity index (χ3v) is 13.6. The summed E-state index contributed by atoms with van der Waals surface area (Å²) < 4.78 is 53.4. The van der Waals surface area contributed by atoms with Crippen LogP contribution in [0.25, 0.3) is 39.0 Å². The van der Waals surface area contributed by atoms with Gasteiger partial charge in [0.2, 0.25) is 11.8 Å². The number of halogens is 3. The summed E-state index contributed by atoms with van der Waals surface area (Å²) in [5.41, 5.74) is 2.23. The zero-order chi connectivity index (χ0) is 42.9. The van der Waals surface area contributed by atoms with E-state index in [1.54, 1.807) is 11.0 Å². The SMILES string of the molecule is C#Cc1c(F)ccc2cc(O)cc(-c3ncc4c(N5CC6CCC(C5)N6C(=O)/C=C/c5cccc6c5CN(C(=O)C=C)CC6)nc(OCC56CCCN5CC(F)C6)nc4c3F)c12. The zero-order valence-electron chi connectivity index (χ0n) is 34.0. The number of terminal acetylenes is 1. The smallest absolute Gasteiger partial charge is 0.319 e. The van der Waals surface area contributed by atoms with Crippen molar-refractivity contribution in [1.82, 2.24) is 29.7 Å². The summed E-state index contributed by atoms with van der Waals surface area (Å²) in [5, 5.41) is 11.6. The number of nitrogens with zero attached hydrogens (tertiary/aromatic N) is 7. The number of ether oxygens (including phenoxy) is 1. The zero-order valence-corrected chi connectivity index (χ0v) is 34.0. The summed E-state index contributed by atoms with van der Waals surface area (Å²) in [7, 11) is 0. The van der Waals surface area contributed by atoms with E-state index >= 15 is 8.78 Å². The van der Waals surface area contributed by atoms with Crippen LogP contribution < -0.4 is 9.64 Å². The van der Waals surface area contributed by atoms with E-state index < -0.39 is 23.3 Å². The number of hydrogen-bond acceptors (Lipinski definition) is 9. The topological polar surface area (TPSA) is 115 Å². The van der Waals surface area contributed by atoms with E-state index in [9.17, 15) is 19.1 Å². The van der Waals surface area contributed by atoms with Gasteiger partial charge in [-0.25, -0.2) is 13.2 Å². The summed E-state index contributed by atoms with van der Waals surface area (Å²) in [6, 6.07) is 10.9. The van der Waals surface area contributed by atoms with Crippen LogP contribution >= 0.6 is 0 Å². The van der Waals surface area contributed by atoms with Gasteiger partial charge in [0.25, 0.3) is 0 Å². The highest BCUT2D eigenvalue weighted by Crippen LogP contribution is 2.43. The number of amides is 2. The van der Waals surface area contributed by atoms with Crippen molar-refractivity contribution in [2.24, 2.45) is 0 Å². The lowest BCUT2D eigenvalue weighted by molar-refractivity contribution is -0.129. The molecule has 0 spiro atoms. The molecule has 5 aromatic rings. The number of benzene rings is 3. The molecule has 62 heavy (non-hydrogen) atoms. The van der Waals surface area contributed by atoms with E-state index in [1.165, 1.54) is 36.5 Å². The molecule has 2 aromatic heterocycles. The molecule has 2 bridgehead atoms. The molecule has 2 amide bonds. The quantitative estimate of drug-likeness (QED) is 0.134. The number of hydrogen-bond donors (Lipinski definition) is 1. The molecule has 0 saturated carbocycles. The number of rotatable bonds is 8. The minimum absolute atomic E-state index is 0.0865. The number of carbonyl (C=O) groups excluding carboxylic acids is 2. The number of piperazine rings is 1. The lowest BCUT2D eigenvalue weighted by Crippen LogP contribution is -2.55. The molecule has 10 rings (SSSR count). The number of fused-ring (bicyclic) bond motifs is 6. The first-order valence-corrected chi connectivity index (χ1v) is 21.1. The largest absolute Gasteiger partial charge is 0.508 e. The van der Waals surface area contributed by atoms with Crippen molar-refractivity contribution < 1.29 is 32.6 Å². The van der Waals surface area contributed by atoms with Crippen molar-refractivity contribution in [2.45, 2.75) is 68.9 Å². The van der Waals surface area contributed by atoms with Crippen molar-refractivity contribution in [3.8, 4) is 35.4 Å². The van der Waals surface area contributed by atoms with Crippen LogP contribution in [0, 0.1) is 24.0 Å².